The van der Waals surface area contributed by atoms with Crippen LogP contribution in [0.1, 0.15) is 27.9 Å². The molecule has 2 rings (SSSR count). The molecular formula is C15H17N3O3. The average Bonchev–Trinajstić information content (AvgIpc) is 2.72. The number of carboxylic acids is 1. The van der Waals surface area contributed by atoms with Crippen molar-refractivity contribution in [3.63, 3.8) is 0 Å². The highest BCUT2D eigenvalue weighted by molar-refractivity contribution is 5.92. The summed E-state index contributed by atoms with van der Waals surface area (Å²) >= 11 is 0. The van der Waals surface area contributed by atoms with Gasteiger partial charge in [0.1, 0.15) is 11.5 Å². The number of nitrogen functional groups attached to an aromatic ring is 1. The van der Waals surface area contributed by atoms with E-state index in [9.17, 15) is 9.59 Å². The maximum atomic E-state index is 11.3. The summed E-state index contributed by atoms with van der Waals surface area (Å²) in [5.74, 6) is -0.744. The van der Waals surface area contributed by atoms with Crippen LogP contribution >= 0.6 is 0 Å². The lowest BCUT2D eigenvalue weighted by atomic mass is 10.0. The van der Waals surface area contributed by atoms with Crippen molar-refractivity contribution in [2.75, 3.05) is 5.73 Å². The maximum Gasteiger partial charge on any atom is 0.305 e. The van der Waals surface area contributed by atoms with Crippen molar-refractivity contribution in [3.8, 4) is 11.3 Å². The standard InChI is InChI=1S/C15H17N3O3/c1-9-3-4-11(10(2)7-9)14-12(8-19)15(16)18(17-14)6-5-13(20)21/h3-4,7-8H,5-6,16H2,1-2H3,(H,20,21). The van der Waals surface area contributed by atoms with Crippen molar-refractivity contribution in [1.82, 2.24) is 9.78 Å². The molecule has 0 radical (unpaired) electrons. The molecule has 0 aliphatic heterocycles. The molecule has 2 aromatic rings. The van der Waals surface area contributed by atoms with Crippen molar-refractivity contribution < 1.29 is 14.7 Å². The van der Waals surface area contributed by atoms with Crippen LogP contribution in [-0.2, 0) is 11.3 Å². The van der Waals surface area contributed by atoms with E-state index in [1.807, 2.05) is 32.0 Å². The number of hydrogen-bond acceptors (Lipinski definition) is 4. The molecule has 6 heteroatoms. The summed E-state index contributed by atoms with van der Waals surface area (Å²) in [4.78, 5) is 22.0. The van der Waals surface area contributed by atoms with Crippen LogP contribution in [0.5, 0.6) is 0 Å². The van der Waals surface area contributed by atoms with Gasteiger partial charge >= 0.3 is 5.97 Å². The molecule has 0 bridgehead atoms. The first kappa shape index (κ1) is 14.8. The second-order valence-corrected chi connectivity index (χ2v) is 4.95. The zero-order valence-electron chi connectivity index (χ0n) is 12.0. The summed E-state index contributed by atoms with van der Waals surface area (Å²) in [6, 6.07) is 5.82. The summed E-state index contributed by atoms with van der Waals surface area (Å²) in [5, 5.41) is 13.0. The number of carbonyl (C=O) groups excluding carboxylic acids is 1. The van der Waals surface area contributed by atoms with Gasteiger partial charge in [-0.15, -0.1) is 0 Å². The van der Waals surface area contributed by atoms with Gasteiger partial charge in [-0.3, -0.25) is 9.59 Å². The van der Waals surface area contributed by atoms with Crippen LogP contribution in [0.25, 0.3) is 11.3 Å². The molecule has 0 aliphatic rings. The number of benzene rings is 1. The molecule has 110 valence electrons. The molecule has 1 aromatic heterocycles. The van der Waals surface area contributed by atoms with Crippen LogP contribution in [0.4, 0.5) is 5.82 Å². The molecular weight excluding hydrogens is 270 g/mol. The van der Waals surface area contributed by atoms with Gasteiger partial charge in [-0.05, 0) is 19.4 Å². The quantitative estimate of drug-likeness (QED) is 0.820. The Hall–Kier alpha value is -2.63. The largest absolute Gasteiger partial charge is 0.481 e. The van der Waals surface area contributed by atoms with Gasteiger partial charge in [0.05, 0.1) is 18.5 Å². The Morgan fingerprint density at radius 2 is 2.14 bits per heavy atom. The number of anilines is 1. The molecule has 0 fully saturated rings. The smallest absolute Gasteiger partial charge is 0.305 e. The first-order valence-electron chi connectivity index (χ1n) is 6.55. The highest BCUT2D eigenvalue weighted by Gasteiger charge is 2.18. The Bertz CT molecular complexity index is 704. The number of aliphatic carboxylic acids is 1. The Labute approximate surface area is 122 Å². The van der Waals surface area contributed by atoms with Crippen LogP contribution in [0.15, 0.2) is 18.2 Å². The molecule has 1 aromatic carbocycles. The van der Waals surface area contributed by atoms with E-state index in [2.05, 4.69) is 5.10 Å². The van der Waals surface area contributed by atoms with Crippen molar-refractivity contribution in [2.45, 2.75) is 26.8 Å². The van der Waals surface area contributed by atoms with Crippen molar-refractivity contribution in [2.24, 2.45) is 0 Å². The van der Waals surface area contributed by atoms with Crippen molar-refractivity contribution in [3.05, 3.63) is 34.9 Å². The number of aldehydes is 1. The van der Waals surface area contributed by atoms with Gasteiger partial charge < -0.3 is 10.8 Å². The van der Waals surface area contributed by atoms with E-state index in [0.29, 0.717) is 17.5 Å². The van der Waals surface area contributed by atoms with E-state index in [0.717, 1.165) is 16.7 Å². The first-order chi connectivity index (χ1) is 9.93. The molecule has 0 aliphatic carbocycles. The average molecular weight is 287 g/mol. The number of rotatable bonds is 5. The fraction of sp³-hybridized carbons (Fsp3) is 0.267. The molecule has 3 N–H and O–H groups in total. The van der Waals surface area contributed by atoms with E-state index < -0.39 is 5.97 Å². The highest BCUT2D eigenvalue weighted by atomic mass is 16.4. The molecule has 0 spiro atoms. The van der Waals surface area contributed by atoms with Gasteiger partial charge in [0.25, 0.3) is 0 Å². The van der Waals surface area contributed by atoms with Gasteiger partial charge in [-0.25, -0.2) is 4.68 Å². The fourth-order valence-corrected chi connectivity index (χ4v) is 2.26. The first-order valence-corrected chi connectivity index (χ1v) is 6.55. The van der Waals surface area contributed by atoms with E-state index in [1.165, 1.54) is 4.68 Å². The van der Waals surface area contributed by atoms with Crippen molar-refractivity contribution in [1.29, 1.82) is 0 Å². The Balaban J connectivity index is 2.50. The van der Waals surface area contributed by atoms with Gasteiger partial charge in [0, 0.05) is 5.56 Å². The summed E-state index contributed by atoms with van der Waals surface area (Å²) in [6.45, 7) is 4.05. The van der Waals surface area contributed by atoms with E-state index >= 15 is 0 Å². The molecule has 0 atom stereocenters. The summed E-state index contributed by atoms with van der Waals surface area (Å²) < 4.78 is 1.37. The van der Waals surface area contributed by atoms with Crippen LogP contribution in [-0.4, -0.2) is 27.1 Å². The summed E-state index contributed by atoms with van der Waals surface area (Å²) in [7, 11) is 0. The van der Waals surface area contributed by atoms with Crippen LogP contribution < -0.4 is 5.73 Å². The number of carbonyl (C=O) groups is 2. The maximum absolute atomic E-state index is 11.3. The van der Waals surface area contributed by atoms with Gasteiger partial charge in [0.15, 0.2) is 6.29 Å². The Morgan fingerprint density at radius 3 is 2.71 bits per heavy atom. The van der Waals surface area contributed by atoms with E-state index in [-0.39, 0.29) is 18.8 Å². The third-order valence-electron chi connectivity index (χ3n) is 3.32. The number of aromatic nitrogens is 2. The minimum absolute atomic E-state index is 0.101. The minimum atomic E-state index is -0.939. The number of nitrogens with two attached hydrogens (primary N) is 1. The summed E-state index contributed by atoms with van der Waals surface area (Å²) in [6.07, 6.45) is 0.560. The lowest BCUT2D eigenvalue weighted by Gasteiger charge is -2.04. The molecule has 6 nitrogen and oxygen atoms in total. The lowest BCUT2D eigenvalue weighted by Crippen LogP contribution is -2.09. The monoisotopic (exact) mass is 287 g/mol. The molecule has 1 heterocycles. The zero-order valence-corrected chi connectivity index (χ0v) is 12.0. The predicted octanol–water partition coefficient (Wildman–Crippen LogP) is 2.04. The van der Waals surface area contributed by atoms with Crippen LogP contribution in [0, 0.1) is 13.8 Å². The van der Waals surface area contributed by atoms with E-state index in [4.69, 9.17) is 10.8 Å². The normalized spacial score (nSPS) is 10.6. The predicted molar refractivity (Wildman–Crippen MR) is 79.2 cm³/mol. The highest BCUT2D eigenvalue weighted by Crippen LogP contribution is 2.29. The molecule has 0 saturated carbocycles. The number of aryl methyl sites for hydroxylation is 3. The number of carboxylic acid groups (broad SMARTS) is 1. The fourth-order valence-electron chi connectivity index (χ4n) is 2.26. The van der Waals surface area contributed by atoms with E-state index in [1.54, 1.807) is 0 Å². The Morgan fingerprint density at radius 1 is 1.43 bits per heavy atom. The molecule has 0 amide bonds. The minimum Gasteiger partial charge on any atom is -0.481 e. The van der Waals surface area contributed by atoms with Crippen LogP contribution in [0.3, 0.4) is 0 Å². The van der Waals surface area contributed by atoms with Crippen molar-refractivity contribution >= 4 is 18.1 Å². The SMILES string of the molecule is Cc1ccc(-c2nn(CCC(=O)O)c(N)c2C=O)c(C)c1. The van der Waals surface area contributed by atoms with Crippen LogP contribution in [0.2, 0.25) is 0 Å². The zero-order chi connectivity index (χ0) is 15.6. The molecule has 0 saturated heterocycles. The Kier molecular flexibility index (Phi) is 4.07. The third-order valence-corrected chi connectivity index (χ3v) is 3.32. The second-order valence-electron chi connectivity index (χ2n) is 4.95. The summed E-state index contributed by atoms with van der Waals surface area (Å²) in [5.41, 5.74) is 9.61. The number of nitrogens with zero attached hydrogens (tertiary/aromatic N) is 2. The number of hydrogen-bond donors (Lipinski definition) is 2. The van der Waals surface area contributed by atoms with Gasteiger partial charge in [-0.2, -0.15) is 5.10 Å². The van der Waals surface area contributed by atoms with Gasteiger partial charge in [0.2, 0.25) is 0 Å². The topological polar surface area (TPSA) is 98.2 Å². The third kappa shape index (κ3) is 2.94. The lowest BCUT2D eigenvalue weighted by molar-refractivity contribution is -0.137. The second kappa shape index (κ2) is 5.78. The molecule has 0 unspecified atom stereocenters. The molecule has 21 heavy (non-hydrogen) atoms. The van der Waals surface area contributed by atoms with Gasteiger partial charge in [-0.1, -0.05) is 23.8 Å².